The van der Waals surface area contributed by atoms with Crippen LogP contribution in [0.15, 0.2) is 22.7 Å². The number of rotatable bonds is 7. The van der Waals surface area contributed by atoms with Crippen LogP contribution in [0.2, 0.25) is 10.0 Å². The Labute approximate surface area is 238 Å². The zero-order chi connectivity index (χ0) is 28.3. The monoisotopic (exact) mass is 597 g/mol. The van der Waals surface area contributed by atoms with Crippen LogP contribution in [0.3, 0.4) is 0 Å². The first-order valence-electron chi connectivity index (χ1n) is 11.4. The maximum absolute atomic E-state index is 13.2. The van der Waals surface area contributed by atoms with Crippen LogP contribution in [0.1, 0.15) is 69.4 Å². The number of benzene rings is 1. The number of aryl methyl sites for hydroxylation is 1. The highest BCUT2D eigenvalue weighted by Crippen LogP contribution is 2.37. The highest BCUT2D eigenvalue weighted by molar-refractivity contribution is 7.80. The van der Waals surface area contributed by atoms with E-state index in [4.69, 9.17) is 49.4 Å². The molecule has 38 heavy (non-hydrogen) atoms. The Balaban J connectivity index is 1.92. The number of hydrogen-bond donors (Lipinski definition) is 2. The third-order valence-corrected chi connectivity index (χ3v) is 6.99. The molecule has 0 unspecified atom stereocenters. The summed E-state index contributed by atoms with van der Waals surface area (Å²) in [6, 6.07) is 4.88. The van der Waals surface area contributed by atoms with Crippen molar-refractivity contribution >= 4 is 74.7 Å². The SMILES string of the molecule is Cc1onc(-c2c(Cl)cccc2Cl)c1C(=O)NC(=S)Nc1sc(C(=O)OC(C)C)c(C)c1C(=O)OC(C)C. The predicted octanol–water partition coefficient (Wildman–Crippen LogP) is 6.58. The lowest BCUT2D eigenvalue weighted by atomic mass is 10.1. The van der Waals surface area contributed by atoms with Gasteiger partial charge >= 0.3 is 11.9 Å². The van der Waals surface area contributed by atoms with Gasteiger partial charge < -0.3 is 19.3 Å². The molecule has 0 saturated carbocycles. The van der Waals surface area contributed by atoms with Crippen molar-refractivity contribution in [1.82, 2.24) is 10.5 Å². The number of ether oxygens (including phenoxy) is 2. The molecule has 9 nitrogen and oxygen atoms in total. The number of esters is 2. The van der Waals surface area contributed by atoms with Gasteiger partial charge in [-0.05, 0) is 71.5 Å². The van der Waals surface area contributed by atoms with Gasteiger partial charge in [0.2, 0.25) is 0 Å². The molecule has 202 valence electrons. The maximum atomic E-state index is 13.2. The minimum absolute atomic E-state index is 0.0761. The van der Waals surface area contributed by atoms with E-state index < -0.39 is 23.9 Å². The molecule has 0 atom stereocenters. The number of thiophene rings is 1. The number of carbonyl (C=O) groups excluding carboxylic acids is 3. The van der Waals surface area contributed by atoms with Crippen molar-refractivity contribution in [2.24, 2.45) is 0 Å². The van der Waals surface area contributed by atoms with Crippen molar-refractivity contribution < 1.29 is 28.4 Å². The number of nitrogens with zero attached hydrogens (tertiary/aromatic N) is 1. The number of halogens is 2. The normalized spacial score (nSPS) is 11.0. The van der Waals surface area contributed by atoms with Gasteiger partial charge in [-0.1, -0.05) is 34.4 Å². The summed E-state index contributed by atoms with van der Waals surface area (Å²) in [6.45, 7) is 10.0. The standard InChI is InChI=1S/C25H25Cl2N3O6S2/c1-10(2)34-23(32)16-12(5)20(24(33)35-11(3)4)38-22(16)29-25(37)28-21(31)17-13(6)36-30-19(17)18-14(26)8-7-9-15(18)27/h7-11H,1-6H3,(H2,28,29,31,37). The second-order valence-corrected chi connectivity index (χ2v) is 10.9. The minimum atomic E-state index is -0.653. The zero-order valence-electron chi connectivity index (χ0n) is 21.4. The number of anilines is 1. The van der Waals surface area contributed by atoms with Crippen LogP contribution < -0.4 is 10.6 Å². The Hall–Kier alpha value is -2.99. The summed E-state index contributed by atoms with van der Waals surface area (Å²) in [7, 11) is 0. The molecule has 3 rings (SSSR count). The van der Waals surface area contributed by atoms with Crippen molar-refractivity contribution in [2.75, 3.05) is 5.32 Å². The van der Waals surface area contributed by atoms with Gasteiger partial charge in [-0.3, -0.25) is 10.1 Å². The summed E-state index contributed by atoms with van der Waals surface area (Å²) in [5.74, 6) is -1.68. The minimum Gasteiger partial charge on any atom is -0.459 e. The lowest BCUT2D eigenvalue weighted by Gasteiger charge is -2.12. The van der Waals surface area contributed by atoms with Gasteiger partial charge in [-0.2, -0.15) is 0 Å². The van der Waals surface area contributed by atoms with Gasteiger partial charge in [0.1, 0.15) is 26.9 Å². The fourth-order valence-electron chi connectivity index (χ4n) is 3.42. The summed E-state index contributed by atoms with van der Waals surface area (Å²) in [6.07, 6.45) is -0.765. The van der Waals surface area contributed by atoms with Crippen molar-refractivity contribution in [1.29, 1.82) is 0 Å². The molecule has 3 aromatic rings. The van der Waals surface area contributed by atoms with Crippen LogP contribution in [0, 0.1) is 13.8 Å². The first-order valence-corrected chi connectivity index (χ1v) is 13.4. The molecule has 0 bridgehead atoms. The molecule has 2 N–H and O–H groups in total. The number of carbonyl (C=O) groups is 3. The Bertz CT molecular complexity index is 1390. The summed E-state index contributed by atoms with van der Waals surface area (Å²) in [4.78, 5) is 38.9. The number of hydrogen-bond acceptors (Lipinski definition) is 9. The molecular weight excluding hydrogens is 573 g/mol. The smallest absolute Gasteiger partial charge is 0.348 e. The van der Waals surface area contributed by atoms with E-state index in [2.05, 4.69) is 15.8 Å². The van der Waals surface area contributed by atoms with Gasteiger partial charge in [0, 0.05) is 5.56 Å². The van der Waals surface area contributed by atoms with Crippen molar-refractivity contribution in [3.05, 3.63) is 55.6 Å². The van der Waals surface area contributed by atoms with Crippen LogP contribution in [-0.4, -0.2) is 40.3 Å². The van der Waals surface area contributed by atoms with Crippen molar-refractivity contribution in [3.63, 3.8) is 0 Å². The average molecular weight is 599 g/mol. The van der Waals surface area contributed by atoms with Crippen LogP contribution in [-0.2, 0) is 9.47 Å². The molecule has 0 aliphatic heterocycles. The molecule has 0 saturated heterocycles. The first-order chi connectivity index (χ1) is 17.8. The number of amides is 1. The van der Waals surface area contributed by atoms with Crippen molar-refractivity contribution in [3.8, 4) is 11.3 Å². The highest BCUT2D eigenvalue weighted by atomic mass is 35.5. The summed E-state index contributed by atoms with van der Waals surface area (Å²) >= 11 is 18.9. The topological polar surface area (TPSA) is 120 Å². The van der Waals surface area contributed by atoms with Crippen LogP contribution in [0.25, 0.3) is 11.3 Å². The number of aromatic nitrogens is 1. The zero-order valence-corrected chi connectivity index (χ0v) is 24.5. The van der Waals surface area contributed by atoms with E-state index in [1.807, 2.05) is 0 Å². The molecule has 0 aliphatic carbocycles. The van der Waals surface area contributed by atoms with Crippen LogP contribution in [0.4, 0.5) is 5.00 Å². The fourth-order valence-corrected chi connectivity index (χ4v) is 5.33. The summed E-state index contributed by atoms with van der Waals surface area (Å²) in [5, 5.41) is 9.98. The van der Waals surface area contributed by atoms with E-state index >= 15 is 0 Å². The summed E-state index contributed by atoms with van der Waals surface area (Å²) < 4.78 is 15.9. The molecule has 2 heterocycles. The molecule has 0 aliphatic rings. The van der Waals surface area contributed by atoms with E-state index in [0.717, 1.165) is 11.3 Å². The quantitative estimate of drug-likeness (QED) is 0.229. The molecule has 1 aromatic carbocycles. The lowest BCUT2D eigenvalue weighted by Crippen LogP contribution is -2.34. The maximum Gasteiger partial charge on any atom is 0.348 e. The molecule has 0 spiro atoms. The third-order valence-electron chi connectivity index (χ3n) is 4.97. The predicted molar refractivity (Wildman–Crippen MR) is 151 cm³/mol. The van der Waals surface area contributed by atoms with E-state index in [1.165, 1.54) is 0 Å². The number of nitrogens with one attached hydrogen (secondary N) is 2. The second kappa shape index (κ2) is 12.2. The molecule has 13 heteroatoms. The second-order valence-electron chi connectivity index (χ2n) is 8.64. The Morgan fingerprint density at radius 3 is 2.16 bits per heavy atom. The molecule has 0 radical (unpaired) electrons. The molecular formula is C25H25Cl2N3O6S2. The van der Waals surface area contributed by atoms with E-state index in [0.29, 0.717) is 11.1 Å². The van der Waals surface area contributed by atoms with Gasteiger partial charge in [-0.15, -0.1) is 11.3 Å². The van der Waals surface area contributed by atoms with Crippen molar-refractivity contribution in [2.45, 2.75) is 53.8 Å². The van der Waals surface area contributed by atoms with Gasteiger partial charge in [0.25, 0.3) is 5.91 Å². The number of thiocarbonyl (C=S) groups is 1. The van der Waals surface area contributed by atoms with Gasteiger partial charge in [-0.25, -0.2) is 9.59 Å². The van der Waals surface area contributed by atoms with Gasteiger partial charge in [0.05, 0.1) is 27.8 Å². The lowest BCUT2D eigenvalue weighted by molar-refractivity contribution is 0.0378. The van der Waals surface area contributed by atoms with E-state index in [9.17, 15) is 14.4 Å². The fraction of sp³-hybridized carbons (Fsp3) is 0.320. The van der Waals surface area contributed by atoms with E-state index in [-0.39, 0.29) is 53.7 Å². The molecule has 0 fully saturated rings. The Kier molecular flexibility index (Phi) is 9.53. The third kappa shape index (κ3) is 6.52. The first kappa shape index (κ1) is 29.6. The summed E-state index contributed by atoms with van der Waals surface area (Å²) in [5.41, 5.74) is 1.03. The Morgan fingerprint density at radius 2 is 1.58 bits per heavy atom. The van der Waals surface area contributed by atoms with Crippen LogP contribution in [0.5, 0.6) is 0 Å². The van der Waals surface area contributed by atoms with Gasteiger partial charge in [0.15, 0.2) is 5.11 Å². The molecule has 1 amide bonds. The Morgan fingerprint density at radius 1 is 1.00 bits per heavy atom. The highest BCUT2D eigenvalue weighted by Gasteiger charge is 2.29. The largest absolute Gasteiger partial charge is 0.459 e. The van der Waals surface area contributed by atoms with Crippen LogP contribution >= 0.6 is 46.8 Å². The average Bonchev–Trinajstić information content (AvgIpc) is 3.32. The molecule has 2 aromatic heterocycles. The van der Waals surface area contributed by atoms with E-state index in [1.54, 1.807) is 59.7 Å².